The predicted molar refractivity (Wildman–Crippen MR) is 61.6 cm³/mol. The highest BCUT2D eigenvalue weighted by Gasteiger charge is 1.99. The van der Waals surface area contributed by atoms with E-state index in [-0.39, 0.29) is 5.82 Å². The Morgan fingerprint density at radius 3 is 2.67 bits per heavy atom. The van der Waals surface area contributed by atoms with Crippen LogP contribution in [0.15, 0.2) is 47.2 Å². The molecule has 0 spiro atoms. The van der Waals surface area contributed by atoms with Crippen molar-refractivity contribution in [3.8, 4) is 0 Å². The summed E-state index contributed by atoms with van der Waals surface area (Å²) in [5.74, 6) is -0.236. The van der Waals surface area contributed by atoms with Gasteiger partial charge in [0.25, 0.3) is 0 Å². The summed E-state index contributed by atoms with van der Waals surface area (Å²) < 4.78 is 15.3. The molecule has 2 aromatic rings. The molecule has 78 valence electrons. The number of nitrogens with one attached hydrogen (secondary N) is 1. The van der Waals surface area contributed by atoms with Crippen molar-refractivity contribution < 1.29 is 4.39 Å². The van der Waals surface area contributed by atoms with Gasteiger partial charge in [-0.25, -0.2) is 4.39 Å². The summed E-state index contributed by atoms with van der Waals surface area (Å²) in [5, 5.41) is 0. The van der Waals surface area contributed by atoms with Gasteiger partial charge in [0.2, 0.25) is 0 Å². The minimum atomic E-state index is -0.236. The third-order valence-corrected chi connectivity index (χ3v) is 2.66. The molecular weight excluding hydrogens is 259 g/mol. The van der Waals surface area contributed by atoms with Gasteiger partial charge in [-0.05, 0) is 45.8 Å². The van der Waals surface area contributed by atoms with Crippen LogP contribution in [0.5, 0.6) is 0 Å². The van der Waals surface area contributed by atoms with Gasteiger partial charge in [-0.15, -0.1) is 0 Å². The molecule has 0 radical (unpaired) electrons. The molecule has 0 saturated heterocycles. The zero-order valence-electron chi connectivity index (χ0n) is 7.95. The van der Waals surface area contributed by atoms with Gasteiger partial charge in [-0.2, -0.15) is 0 Å². The Balaban J connectivity index is 2.02. The van der Waals surface area contributed by atoms with E-state index in [0.717, 1.165) is 5.56 Å². The van der Waals surface area contributed by atoms with Crippen molar-refractivity contribution in [2.24, 2.45) is 0 Å². The lowest BCUT2D eigenvalue weighted by atomic mass is 10.2. The maximum absolute atomic E-state index is 12.9. The van der Waals surface area contributed by atoms with Crippen molar-refractivity contribution in [2.45, 2.75) is 6.54 Å². The van der Waals surface area contributed by atoms with Crippen molar-refractivity contribution >= 4 is 15.9 Å². The fourth-order valence-electron chi connectivity index (χ4n) is 1.27. The van der Waals surface area contributed by atoms with Crippen molar-refractivity contribution in [1.82, 2.24) is 4.68 Å². The number of hydrogen-bond donors (Lipinski definition) is 1. The first-order valence-electron chi connectivity index (χ1n) is 4.56. The largest absolute Gasteiger partial charge is 0.322 e. The first-order chi connectivity index (χ1) is 7.25. The van der Waals surface area contributed by atoms with E-state index in [1.165, 1.54) is 6.07 Å². The van der Waals surface area contributed by atoms with E-state index in [1.807, 2.05) is 29.2 Å². The first-order valence-corrected chi connectivity index (χ1v) is 5.36. The second-order valence-electron chi connectivity index (χ2n) is 3.17. The maximum atomic E-state index is 12.9. The Bertz CT molecular complexity index is 440. The highest BCUT2D eigenvalue weighted by Crippen LogP contribution is 2.16. The molecule has 0 saturated carbocycles. The zero-order valence-corrected chi connectivity index (χ0v) is 9.54. The van der Waals surface area contributed by atoms with Gasteiger partial charge in [0.1, 0.15) is 5.82 Å². The SMILES string of the molecule is Fc1ccc(CNn2cccc2)cc1Br. The number of benzene rings is 1. The lowest BCUT2D eigenvalue weighted by molar-refractivity contribution is 0.620. The van der Waals surface area contributed by atoms with Gasteiger partial charge in [-0.3, -0.25) is 4.68 Å². The summed E-state index contributed by atoms with van der Waals surface area (Å²) in [4.78, 5) is 0. The van der Waals surface area contributed by atoms with Crippen molar-refractivity contribution in [3.05, 3.63) is 58.6 Å². The third-order valence-electron chi connectivity index (χ3n) is 2.05. The Morgan fingerprint density at radius 1 is 1.27 bits per heavy atom. The second-order valence-corrected chi connectivity index (χ2v) is 4.03. The van der Waals surface area contributed by atoms with Crippen molar-refractivity contribution in [3.63, 3.8) is 0 Å². The molecule has 4 heteroatoms. The van der Waals surface area contributed by atoms with E-state index in [0.29, 0.717) is 11.0 Å². The van der Waals surface area contributed by atoms with E-state index in [4.69, 9.17) is 0 Å². The van der Waals surface area contributed by atoms with Crippen LogP contribution < -0.4 is 5.43 Å². The lowest BCUT2D eigenvalue weighted by Crippen LogP contribution is -2.11. The molecule has 1 heterocycles. The Labute approximate surface area is 95.8 Å². The van der Waals surface area contributed by atoms with E-state index in [9.17, 15) is 4.39 Å². The maximum Gasteiger partial charge on any atom is 0.137 e. The average Bonchev–Trinajstić information content (AvgIpc) is 2.73. The first kappa shape index (κ1) is 10.2. The van der Waals surface area contributed by atoms with E-state index < -0.39 is 0 Å². The van der Waals surface area contributed by atoms with Crippen molar-refractivity contribution in [1.29, 1.82) is 0 Å². The molecule has 0 aliphatic heterocycles. The highest BCUT2D eigenvalue weighted by molar-refractivity contribution is 9.10. The van der Waals surface area contributed by atoms with Gasteiger partial charge >= 0.3 is 0 Å². The molecular formula is C11H10BrFN2. The Hall–Kier alpha value is -1.29. The van der Waals surface area contributed by atoms with Gasteiger partial charge < -0.3 is 5.43 Å². The van der Waals surface area contributed by atoms with Crippen LogP contribution in [0.1, 0.15) is 5.56 Å². The molecule has 2 rings (SSSR count). The van der Waals surface area contributed by atoms with Crippen LogP contribution in [0, 0.1) is 5.82 Å². The van der Waals surface area contributed by atoms with Crippen LogP contribution in [0.25, 0.3) is 0 Å². The molecule has 1 aromatic heterocycles. The molecule has 1 N–H and O–H groups in total. The average molecular weight is 269 g/mol. The predicted octanol–water partition coefficient (Wildman–Crippen LogP) is 3.13. The Kier molecular flexibility index (Phi) is 3.06. The second kappa shape index (κ2) is 4.49. The van der Waals surface area contributed by atoms with Crippen LogP contribution in [-0.2, 0) is 6.54 Å². The number of halogens is 2. The molecule has 0 amide bonds. The fourth-order valence-corrected chi connectivity index (χ4v) is 1.70. The van der Waals surface area contributed by atoms with Crippen LogP contribution >= 0.6 is 15.9 Å². The smallest absolute Gasteiger partial charge is 0.137 e. The molecule has 2 nitrogen and oxygen atoms in total. The monoisotopic (exact) mass is 268 g/mol. The van der Waals surface area contributed by atoms with E-state index in [1.54, 1.807) is 12.1 Å². The highest BCUT2D eigenvalue weighted by atomic mass is 79.9. The summed E-state index contributed by atoms with van der Waals surface area (Å²) in [5.41, 5.74) is 4.19. The molecule has 0 bridgehead atoms. The van der Waals surface area contributed by atoms with Crippen LogP contribution in [0.4, 0.5) is 4.39 Å². The molecule has 0 fully saturated rings. The van der Waals surface area contributed by atoms with Gasteiger partial charge in [0.15, 0.2) is 0 Å². The third kappa shape index (κ3) is 2.59. The zero-order chi connectivity index (χ0) is 10.7. The number of rotatable bonds is 3. The number of aromatic nitrogens is 1. The minimum absolute atomic E-state index is 0.236. The molecule has 0 aliphatic rings. The summed E-state index contributed by atoms with van der Waals surface area (Å²) >= 11 is 3.16. The van der Waals surface area contributed by atoms with E-state index in [2.05, 4.69) is 21.4 Å². The molecule has 0 unspecified atom stereocenters. The summed E-state index contributed by atoms with van der Waals surface area (Å²) in [6.07, 6.45) is 3.83. The summed E-state index contributed by atoms with van der Waals surface area (Å²) in [6, 6.07) is 8.86. The summed E-state index contributed by atoms with van der Waals surface area (Å²) in [6.45, 7) is 0.660. The lowest BCUT2D eigenvalue weighted by Gasteiger charge is -2.07. The Morgan fingerprint density at radius 2 is 2.00 bits per heavy atom. The normalized spacial score (nSPS) is 10.3. The van der Waals surface area contributed by atoms with Crippen LogP contribution in [0.3, 0.4) is 0 Å². The van der Waals surface area contributed by atoms with Gasteiger partial charge in [0.05, 0.1) is 11.0 Å². The number of nitrogens with zero attached hydrogens (tertiary/aromatic N) is 1. The fraction of sp³-hybridized carbons (Fsp3) is 0.0909. The van der Waals surface area contributed by atoms with Gasteiger partial charge in [0, 0.05) is 12.4 Å². The van der Waals surface area contributed by atoms with Crippen molar-refractivity contribution in [2.75, 3.05) is 5.43 Å². The topological polar surface area (TPSA) is 17.0 Å². The molecule has 0 atom stereocenters. The molecule has 1 aromatic carbocycles. The quantitative estimate of drug-likeness (QED) is 0.905. The number of hydrogen-bond acceptors (Lipinski definition) is 1. The van der Waals surface area contributed by atoms with Crippen LogP contribution in [0.2, 0.25) is 0 Å². The molecule has 0 aliphatic carbocycles. The minimum Gasteiger partial charge on any atom is -0.322 e. The molecule has 15 heavy (non-hydrogen) atoms. The summed E-state index contributed by atoms with van der Waals surface area (Å²) in [7, 11) is 0. The standard InChI is InChI=1S/C11H10BrFN2/c12-10-7-9(3-4-11(10)13)8-14-15-5-1-2-6-15/h1-7,14H,8H2. The van der Waals surface area contributed by atoms with Gasteiger partial charge in [-0.1, -0.05) is 6.07 Å². The van der Waals surface area contributed by atoms with E-state index >= 15 is 0 Å². The van der Waals surface area contributed by atoms with Crippen LogP contribution in [-0.4, -0.2) is 4.68 Å².